The number of Topliss-reactive ketones (excluding diaryl/α,β-unsaturated/α-hetero) is 1. The molecule has 1 aliphatic rings. The third kappa shape index (κ3) is 2.41. The number of rotatable bonds is 3. The molecule has 0 fully saturated rings. The Balaban J connectivity index is 1.96. The van der Waals surface area contributed by atoms with E-state index in [1.165, 1.54) is 15.3 Å². The Morgan fingerprint density at radius 2 is 2.04 bits per heavy atom. The summed E-state index contributed by atoms with van der Waals surface area (Å²) in [5.74, 6) is -0.270. The first-order valence-corrected chi connectivity index (χ1v) is 10.9. The summed E-state index contributed by atoms with van der Waals surface area (Å²) in [6.45, 7) is 0. The fraction of sp³-hybridized carbons (Fsp3) is 0.263. The molecule has 0 N–H and O–H groups in total. The molecule has 7 heteroatoms. The van der Waals surface area contributed by atoms with E-state index in [-0.39, 0.29) is 5.78 Å². The van der Waals surface area contributed by atoms with Crippen LogP contribution in [-0.2, 0) is 22.9 Å². The van der Waals surface area contributed by atoms with Crippen LogP contribution < -0.4 is 0 Å². The van der Waals surface area contributed by atoms with Crippen LogP contribution in [0.2, 0.25) is 0 Å². The SMILES string of the molecule is CS(=O)(=O)n1c2c(c3ccccc31)C(=O)[C@@](C#N)(Cc1cccs1)CC2. The number of hydrogen-bond acceptors (Lipinski definition) is 5. The summed E-state index contributed by atoms with van der Waals surface area (Å²) in [7, 11) is -3.56. The van der Waals surface area contributed by atoms with Crippen molar-refractivity contribution in [2.45, 2.75) is 19.3 Å². The van der Waals surface area contributed by atoms with Gasteiger partial charge in [0.2, 0.25) is 10.0 Å². The predicted octanol–water partition coefficient (Wildman–Crippen LogP) is 3.39. The summed E-state index contributed by atoms with van der Waals surface area (Å²) >= 11 is 1.52. The third-order valence-corrected chi connectivity index (χ3v) is 6.93. The number of fused-ring (bicyclic) bond motifs is 3. The average molecular weight is 384 g/mol. The molecule has 1 atom stereocenters. The van der Waals surface area contributed by atoms with Crippen LogP contribution in [0.1, 0.15) is 27.3 Å². The zero-order valence-electron chi connectivity index (χ0n) is 14.1. The second kappa shape index (κ2) is 5.79. The number of nitrogens with zero attached hydrogens (tertiary/aromatic N) is 2. The van der Waals surface area contributed by atoms with Crippen LogP contribution in [0.15, 0.2) is 41.8 Å². The van der Waals surface area contributed by atoms with Gasteiger partial charge in [0.1, 0.15) is 5.41 Å². The summed E-state index contributed by atoms with van der Waals surface area (Å²) in [6, 6.07) is 13.1. The van der Waals surface area contributed by atoms with E-state index in [9.17, 15) is 18.5 Å². The number of aromatic nitrogens is 1. The zero-order chi connectivity index (χ0) is 18.5. The maximum absolute atomic E-state index is 13.4. The molecular formula is C19H16N2O3S2. The minimum Gasteiger partial charge on any atom is -0.292 e. The van der Waals surface area contributed by atoms with Gasteiger partial charge in [0, 0.05) is 27.9 Å². The molecule has 1 aromatic carbocycles. The molecule has 0 radical (unpaired) electrons. The molecule has 5 nitrogen and oxygen atoms in total. The molecule has 4 rings (SSSR count). The highest BCUT2D eigenvalue weighted by Gasteiger charge is 2.46. The predicted molar refractivity (Wildman–Crippen MR) is 101 cm³/mol. The summed E-state index contributed by atoms with van der Waals surface area (Å²) in [5.41, 5.74) is 0.231. The molecule has 0 amide bonds. The number of carbonyl (C=O) groups excluding carboxylic acids is 1. The minimum absolute atomic E-state index is 0.270. The Morgan fingerprint density at radius 3 is 2.69 bits per heavy atom. The van der Waals surface area contributed by atoms with Gasteiger partial charge in [0.15, 0.2) is 5.78 Å². The first kappa shape index (κ1) is 17.0. The van der Waals surface area contributed by atoms with Crippen LogP contribution >= 0.6 is 11.3 Å². The molecule has 0 bridgehead atoms. The lowest BCUT2D eigenvalue weighted by atomic mass is 9.70. The normalized spacial score (nSPS) is 20.1. The molecule has 0 unspecified atom stereocenters. The van der Waals surface area contributed by atoms with Crippen molar-refractivity contribution in [3.63, 3.8) is 0 Å². The van der Waals surface area contributed by atoms with E-state index in [0.717, 1.165) is 11.1 Å². The van der Waals surface area contributed by atoms with Crippen LogP contribution in [0, 0.1) is 16.7 Å². The molecule has 2 aromatic heterocycles. The van der Waals surface area contributed by atoms with Gasteiger partial charge in [-0.05, 0) is 30.4 Å². The van der Waals surface area contributed by atoms with E-state index in [1.54, 1.807) is 24.3 Å². The van der Waals surface area contributed by atoms with Crippen molar-refractivity contribution in [1.82, 2.24) is 3.97 Å². The van der Waals surface area contributed by atoms with Gasteiger partial charge >= 0.3 is 0 Å². The molecular weight excluding hydrogens is 368 g/mol. The van der Waals surface area contributed by atoms with Gasteiger partial charge in [-0.15, -0.1) is 11.3 Å². The van der Waals surface area contributed by atoms with E-state index < -0.39 is 15.4 Å². The van der Waals surface area contributed by atoms with Gasteiger partial charge in [-0.3, -0.25) is 4.79 Å². The lowest BCUT2D eigenvalue weighted by molar-refractivity contribution is 0.0836. The van der Waals surface area contributed by atoms with Crippen LogP contribution in [-0.4, -0.2) is 24.4 Å². The quantitative estimate of drug-likeness (QED) is 0.693. The summed E-state index contributed by atoms with van der Waals surface area (Å²) in [4.78, 5) is 14.4. The molecule has 0 saturated carbocycles. The van der Waals surface area contributed by atoms with E-state index in [1.807, 2.05) is 17.5 Å². The van der Waals surface area contributed by atoms with E-state index in [0.29, 0.717) is 41.4 Å². The minimum atomic E-state index is -3.56. The molecule has 0 aliphatic heterocycles. The van der Waals surface area contributed by atoms with E-state index in [4.69, 9.17) is 0 Å². The van der Waals surface area contributed by atoms with Crippen LogP contribution in [0.4, 0.5) is 0 Å². The van der Waals surface area contributed by atoms with Gasteiger partial charge in [0.05, 0.1) is 17.8 Å². The monoisotopic (exact) mass is 384 g/mol. The topological polar surface area (TPSA) is 79.9 Å². The van der Waals surface area contributed by atoms with E-state index in [2.05, 4.69) is 6.07 Å². The highest BCUT2D eigenvalue weighted by Crippen LogP contribution is 2.43. The Bertz CT molecular complexity index is 1170. The van der Waals surface area contributed by atoms with Gasteiger partial charge in [-0.1, -0.05) is 24.3 Å². The number of thiophene rings is 1. The molecule has 0 saturated heterocycles. The number of carbonyl (C=O) groups is 1. The second-order valence-electron chi connectivity index (χ2n) is 6.65. The van der Waals surface area contributed by atoms with Gasteiger partial charge in [-0.2, -0.15) is 5.26 Å². The highest BCUT2D eigenvalue weighted by atomic mass is 32.2. The van der Waals surface area contributed by atoms with Crippen molar-refractivity contribution in [3.05, 3.63) is 57.9 Å². The van der Waals surface area contributed by atoms with Crippen LogP contribution in [0.5, 0.6) is 0 Å². The summed E-state index contributed by atoms with van der Waals surface area (Å²) < 4.78 is 26.0. The van der Waals surface area contributed by atoms with Crippen molar-refractivity contribution >= 4 is 38.0 Å². The number of nitriles is 1. The number of ketones is 1. The number of para-hydroxylation sites is 1. The van der Waals surface area contributed by atoms with Crippen LogP contribution in [0.3, 0.4) is 0 Å². The Kier molecular flexibility index (Phi) is 3.79. The summed E-state index contributed by atoms with van der Waals surface area (Å²) in [6.07, 6.45) is 2.20. The summed E-state index contributed by atoms with van der Waals surface area (Å²) in [5, 5.41) is 12.4. The first-order chi connectivity index (χ1) is 12.4. The van der Waals surface area contributed by atoms with Gasteiger partial charge < -0.3 is 0 Å². The Morgan fingerprint density at radius 1 is 1.27 bits per heavy atom. The van der Waals surface area contributed by atoms with Gasteiger partial charge in [-0.25, -0.2) is 12.4 Å². The standard InChI is InChI=1S/C19H16N2O3S2/c1-26(23,24)21-15-7-3-2-6-14(15)17-16(21)8-9-19(12-20,18(17)22)11-13-5-4-10-25-13/h2-7,10H,8-9,11H2,1H3/t19-/m1/s1. The molecule has 0 spiro atoms. The maximum Gasteiger partial charge on any atom is 0.236 e. The van der Waals surface area contributed by atoms with Crippen molar-refractivity contribution in [2.24, 2.45) is 5.41 Å². The smallest absolute Gasteiger partial charge is 0.236 e. The lowest BCUT2D eigenvalue weighted by Gasteiger charge is -2.29. The molecule has 3 aromatic rings. The second-order valence-corrected chi connectivity index (χ2v) is 9.51. The first-order valence-electron chi connectivity index (χ1n) is 8.19. The average Bonchev–Trinajstić information content (AvgIpc) is 3.22. The molecule has 1 aliphatic carbocycles. The van der Waals surface area contributed by atoms with E-state index >= 15 is 0 Å². The van der Waals surface area contributed by atoms with Crippen molar-refractivity contribution in [2.75, 3.05) is 6.26 Å². The zero-order valence-corrected chi connectivity index (χ0v) is 15.7. The number of benzene rings is 1. The highest BCUT2D eigenvalue weighted by molar-refractivity contribution is 7.89. The Labute approximate surface area is 155 Å². The molecule has 26 heavy (non-hydrogen) atoms. The van der Waals surface area contributed by atoms with Crippen molar-refractivity contribution in [3.8, 4) is 6.07 Å². The van der Waals surface area contributed by atoms with Crippen LogP contribution in [0.25, 0.3) is 10.9 Å². The molecule has 2 heterocycles. The number of hydrogen-bond donors (Lipinski definition) is 0. The van der Waals surface area contributed by atoms with Crippen molar-refractivity contribution in [1.29, 1.82) is 5.26 Å². The maximum atomic E-state index is 13.4. The van der Waals surface area contributed by atoms with Crippen molar-refractivity contribution < 1.29 is 13.2 Å². The van der Waals surface area contributed by atoms with Gasteiger partial charge in [0.25, 0.3) is 0 Å². The fourth-order valence-corrected chi connectivity index (χ4v) is 5.75. The fourth-order valence-electron chi connectivity index (χ4n) is 3.83. The Hall–Kier alpha value is -2.43. The largest absolute Gasteiger partial charge is 0.292 e. The molecule has 132 valence electrons. The third-order valence-electron chi connectivity index (χ3n) is 4.98. The lowest BCUT2D eigenvalue weighted by Crippen LogP contribution is -2.37.